The maximum Gasteiger partial charge on any atom is 0.135 e. The van der Waals surface area contributed by atoms with Gasteiger partial charge in [0.15, 0.2) is 0 Å². The standard InChI is InChI=1S/C15H26ClN3/c1-6-12(7-2)10-19(8-3)14-9-13(16)17-15(18-14)11(4)5/h9,11-12H,6-8,10H2,1-5H3. The Morgan fingerprint density at radius 2 is 1.79 bits per heavy atom. The van der Waals surface area contributed by atoms with Crippen LogP contribution in [0.2, 0.25) is 5.15 Å². The first kappa shape index (κ1) is 16.2. The average Bonchev–Trinajstić information content (AvgIpc) is 2.39. The Kier molecular flexibility index (Phi) is 6.56. The fraction of sp³-hybridized carbons (Fsp3) is 0.733. The third-order valence-corrected chi connectivity index (χ3v) is 3.75. The van der Waals surface area contributed by atoms with Gasteiger partial charge in [0.1, 0.15) is 16.8 Å². The summed E-state index contributed by atoms with van der Waals surface area (Å²) >= 11 is 6.12. The highest BCUT2D eigenvalue weighted by molar-refractivity contribution is 6.29. The summed E-state index contributed by atoms with van der Waals surface area (Å²) in [6.07, 6.45) is 2.39. The van der Waals surface area contributed by atoms with Crippen molar-refractivity contribution in [1.29, 1.82) is 0 Å². The molecule has 0 fully saturated rings. The van der Waals surface area contributed by atoms with Crippen molar-refractivity contribution in [1.82, 2.24) is 9.97 Å². The van der Waals surface area contributed by atoms with E-state index in [0.29, 0.717) is 17.0 Å². The second kappa shape index (κ2) is 7.68. The predicted molar refractivity (Wildman–Crippen MR) is 83.1 cm³/mol. The van der Waals surface area contributed by atoms with E-state index in [9.17, 15) is 0 Å². The third kappa shape index (κ3) is 4.64. The van der Waals surface area contributed by atoms with Gasteiger partial charge >= 0.3 is 0 Å². The van der Waals surface area contributed by atoms with Crippen molar-refractivity contribution in [3.63, 3.8) is 0 Å². The first-order valence-electron chi connectivity index (χ1n) is 7.31. The van der Waals surface area contributed by atoms with Crippen molar-refractivity contribution in [3.05, 3.63) is 17.0 Å². The SMILES string of the molecule is CCC(CC)CN(CC)c1cc(Cl)nc(C(C)C)n1. The Bertz CT molecular complexity index is 389. The van der Waals surface area contributed by atoms with Gasteiger partial charge in [0, 0.05) is 25.1 Å². The van der Waals surface area contributed by atoms with Gasteiger partial charge in [-0.25, -0.2) is 9.97 Å². The molecular formula is C15H26ClN3. The molecule has 0 aromatic carbocycles. The zero-order chi connectivity index (χ0) is 14.4. The molecule has 19 heavy (non-hydrogen) atoms. The lowest BCUT2D eigenvalue weighted by atomic mass is 10.0. The molecule has 0 unspecified atom stereocenters. The first-order chi connectivity index (χ1) is 9.01. The number of rotatable bonds is 7. The largest absolute Gasteiger partial charge is 0.356 e. The van der Waals surface area contributed by atoms with Crippen LogP contribution < -0.4 is 4.90 Å². The lowest BCUT2D eigenvalue weighted by Crippen LogP contribution is -2.30. The predicted octanol–water partition coefficient (Wildman–Crippen LogP) is 4.52. The molecule has 0 N–H and O–H groups in total. The molecule has 0 aliphatic heterocycles. The Balaban J connectivity index is 2.97. The average molecular weight is 284 g/mol. The molecule has 0 aliphatic carbocycles. The summed E-state index contributed by atoms with van der Waals surface area (Å²) in [4.78, 5) is 11.3. The Labute approximate surface area is 122 Å². The minimum atomic E-state index is 0.296. The van der Waals surface area contributed by atoms with Crippen molar-refractivity contribution in [2.45, 2.75) is 53.4 Å². The Morgan fingerprint density at radius 1 is 1.16 bits per heavy atom. The number of aromatic nitrogens is 2. The van der Waals surface area contributed by atoms with E-state index < -0.39 is 0 Å². The van der Waals surface area contributed by atoms with E-state index in [1.807, 2.05) is 6.07 Å². The van der Waals surface area contributed by atoms with Gasteiger partial charge in [-0.2, -0.15) is 0 Å². The molecule has 0 saturated heterocycles. The number of hydrogen-bond acceptors (Lipinski definition) is 3. The summed E-state index contributed by atoms with van der Waals surface area (Å²) in [7, 11) is 0. The second-order valence-corrected chi connectivity index (χ2v) is 5.67. The van der Waals surface area contributed by atoms with Crippen LogP contribution in [0.5, 0.6) is 0 Å². The van der Waals surface area contributed by atoms with E-state index >= 15 is 0 Å². The summed E-state index contributed by atoms with van der Waals surface area (Å²) in [6, 6.07) is 1.87. The van der Waals surface area contributed by atoms with Gasteiger partial charge in [-0.15, -0.1) is 0 Å². The maximum atomic E-state index is 6.12. The number of anilines is 1. The van der Waals surface area contributed by atoms with Gasteiger partial charge in [0.2, 0.25) is 0 Å². The fourth-order valence-corrected chi connectivity index (χ4v) is 2.27. The zero-order valence-electron chi connectivity index (χ0n) is 12.8. The van der Waals surface area contributed by atoms with E-state index in [0.717, 1.165) is 24.7 Å². The molecular weight excluding hydrogens is 258 g/mol. The van der Waals surface area contributed by atoms with Gasteiger partial charge in [-0.3, -0.25) is 0 Å². The molecule has 1 heterocycles. The van der Waals surface area contributed by atoms with Gasteiger partial charge in [0.05, 0.1) is 0 Å². The molecule has 0 bridgehead atoms. The minimum absolute atomic E-state index is 0.296. The number of nitrogens with zero attached hydrogens (tertiary/aromatic N) is 3. The zero-order valence-corrected chi connectivity index (χ0v) is 13.5. The van der Waals surface area contributed by atoms with Crippen LogP contribution in [0.4, 0.5) is 5.82 Å². The summed E-state index contributed by atoms with van der Waals surface area (Å²) in [5, 5.41) is 0.539. The highest BCUT2D eigenvalue weighted by Gasteiger charge is 2.14. The Morgan fingerprint density at radius 3 is 2.26 bits per heavy atom. The topological polar surface area (TPSA) is 29.0 Å². The second-order valence-electron chi connectivity index (χ2n) is 5.28. The molecule has 0 aliphatic rings. The van der Waals surface area contributed by atoms with Gasteiger partial charge < -0.3 is 4.90 Å². The smallest absolute Gasteiger partial charge is 0.135 e. The molecule has 0 amide bonds. The summed E-state index contributed by atoms with van der Waals surface area (Å²) in [5.41, 5.74) is 0. The highest BCUT2D eigenvalue weighted by atomic mass is 35.5. The molecule has 1 aromatic rings. The number of halogens is 1. The lowest BCUT2D eigenvalue weighted by Gasteiger charge is -2.27. The lowest BCUT2D eigenvalue weighted by molar-refractivity contribution is 0.484. The van der Waals surface area contributed by atoms with Gasteiger partial charge in [-0.1, -0.05) is 52.1 Å². The van der Waals surface area contributed by atoms with Crippen LogP contribution in [-0.2, 0) is 0 Å². The Hall–Kier alpha value is -0.830. The monoisotopic (exact) mass is 283 g/mol. The van der Waals surface area contributed by atoms with E-state index in [-0.39, 0.29) is 0 Å². The van der Waals surface area contributed by atoms with E-state index in [1.54, 1.807) is 0 Å². The van der Waals surface area contributed by atoms with Crippen molar-refractivity contribution >= 4 is 17.4 Å². The van der Waals surface area contributed by atoms with Gasteiger partial charge in [-0.05, 0) is 12.8 Å². The van der Waals surface area contributed by atoms with Gasteiger partial charge in [0.25, 0.3) is 0 Å². The van der Waals surface area contributed by atoms with Crippen LogP contribution in [0.1, 0.15) is 59.2 Å². The maximum absolute atomic E-state index is 6.12. The van der Waals surface area contributed by atoms with Crippen LogP contribution in [0.15, 0.2) is 6.07 Å². The molecule has 3 nitrogen and oxygen atoms in total. The van der Waals surface area contributed by atoms with Crippen molar-refractivity contribution in [3.8, 4) is 0 Å². The summed E-state index contributed by atoms with van der Waals surface area (Å²) in [5.74, 6) is 2.78. The van der Waals surface area contributed by atoms with Crippen molar-refractivity contribution < 1.29 is 0 Å². The molecule has 0 radical (unpaired) electrons. The van der Waals surface area contributed by atoms with Crippen LogP contribution >= 0.6 is 11.6 Å². The van der Waals surface area contributed by atoms with E-state index in [2.05, 4.69) is 49.5 Å². The fourth-order valence-electron chi connectivity index (χ4n) is 2.09. The molecule has 1 rings (SSSR count). The van der Waals surface area contributed by atoms with Crippen LogP contribution in [0, 0.1) is 5.92 Å². The molecule has 4 heteroatoms. The van der Waals surface area contributed by atoms with Crippen LogP contribution in [-0.4, -0.2) is 23.1 Å². The molecule has 0 spiro atoms. The third-order valence-electron chi connectivity index (χ3n) is 3.55. The molecule has 0 atom stereocenters. The summed E-state index contributed by atoms with van der Waals surface area (Å²) < 4.78 is 0. The van der Waals surface area contributed by atoms with E-state index in [4.69, 9.17) is 11.6 Å². The minimum Gasteiger partial charge on any atom is -0.356 e. The van der Waals surface area contributed by atoms with Crippen molar-refractivity contribution in [2.75, 3.05) is 18.0 Å². The van der Waals surface area contributed by atoms with Crippen LogP contribution in [0.25, 0.3) is 0 Å². The summed E-state index contributed by atoms with van der Waals surface area (Å²) in [6.45, 7) is 12.8. The van der Waals surface area contributed by atoms with E-state index in [1.165, 1.54) is 12.8 Å². The van der Waals surface area contributed by atoms with Crippen molar-refractivity contribution in [2.24, 2.45) is 5.92 Å². The first-order valence-corrected chi connectivity index (χ1v) is 7.68. The molecule has 108 valence electrons. The molecule has 0 saturated carbocycles. The quantitative estimate of drug-likeness (QED) is 0.689. The normalized spacial score (nSPS) is 11.4. The number of hydrogen-bond donors (Lipinski definition) is 0. The highest BCUT2D eigenvalue weighted by Crippen LogP contribution is 2.22. The van der Waals surface area contributed by atoms with Crippen LogP contribution in [0.3, 0.4) is 0 Å². The molecule has 1 aromatic heterocycles.